The standard InChI is InChI=1S/C17H28O/c1-7-18-16-10-8-15(9-11-16)14(3)13(2)12-17(4,5)6/h8-11,13-14H,7,12H2,1-6H3/t13-,14?/m0/s1. The number of ether oxygens (including phenoxy) is 1. The summed E-state index contributed by atoms with van der Waals surface area (Å²) in [7, 11) is 0. The maximum atomic E-state index is 5.48. The Balaban J connectivity index is 2.68. The van der Waals surface area contributed by atoms with Crippen molar-refractivity contribution in [3.05, 3.63) is 29.8 Å². The van der Waals surface area contributed by atoms with Crippen molar-refractivity contribution in [2.45, 2.75) is 53.9 Å². The lowest BCUT2D eigenvalue weighted by Crippen LogP contribution is -2.15. The molecule has 0 amide bonds. The maximum Gasteiger partial charge on any atom is 0.119 e. The van der Waals surface area contributed by atoms with Crippen LogP contribution in [0, 0.1) is 11.3 Å². The Morgan fingerprint density at radius 3 is 2.06 bits per heavy atom. The van der Waals surface area contributed by atoms with E-state index in [1.54, 1.807) is 0 Å². The van der Waals surface area contributed by atoms with Gasteiger partial charge in [-0.05, 0) is 48.3 Å². The van der Waals surface area contributed by atoms with Crippen LogP contribution in [0.15, 0.2) is 24.3 Å². The van der Waals surface area contributed by atoms with E-state index in [9.17, 15) is 0 Å². The second-order valence-electron chi connectivity index (χ2n) is 6.53. The molecule has 0 aliphatic carbocycles. The van der Waals surface area contributed by atoms with Gasteiger partial charge in [-0.3, -0.25) is 0 Å². The summed E-state index contributed by atoms with van der Waals surface area (Å²) < 4.78 is 5.48. The summed E-state index contributed by atoms with van der Waals surface area (Å²) in [6, 6.07) is 8.57. The number of hydrogen-bond donors (Lipinski definition) is 0. The molecule has 0 aliphatic rings. The third kappa shape index (κ3) is 4.72. The number of hydrogen-bond acceptors (Lipinski definition) is 1. The van der Waals surface area contributed by atoms with Crippen molar-refractivity contribution < 1.29 is 4.74 Å². The van der Waals surface area contributed by atoms with Gasteiger partial charge in [0.2, 0.25) is 0 Å². The summed E-state index contributed by atoms with van der Waals surface area (Å²) in [5, 5.41) is 0. The Labute approximate surface area is 113 Å². The Morgan fingerprint density at radius 1 is 1.06 bits per heavy atom. The van der Waals surface area contributed by atoms with Gasteiger partial charge in [-0.25, -0.2) is 0 Å². The quantitative estimate of drug-likeness (QED) is 0.690. The molecule has 102 valence electrons. The molecule has 0 bridgehead atoms. The summed E-state index contributed by atoms with van der Waals surface area (Å²) in [6.45, 7) is 14.4. The molecule has 18 heavy (non-hydrogen) atoms. The minimum atomic E-state index is 0.402. The molecule has 1 nitrogen and oxygen atoms in total. The van der Waals surface area contributed by atoms with E-state index >= 15 is 0 Å². The fourth-order valence-corrected chi connectivity index (χ4v) is 2.51. The van der Waals surface area contributed by atoms with Crippen molar-refractivity contribution >= 4 is 0 Å². The zero-order valence-corrected chi connectivity index (χ0v) is 12.8. The molecule has 0 spiro atoms. The van der Waals surface area contributed by atoms with Crippen molar-refractivity contribution in [3.63, 3.8) is 0 Å². The molecule has 0 saturated heterocycles. The van der Waals surface area contributed by atoms with Gasteiger partial charge in [0.1, 0.15) is 5.75 Å². The van der Waals surface area contributed by atoms with E-state index in [1.807, 2.05) is 6.92 Å². The van der Waals surface area contributed by atoms with Crippen LogP contribution in [0.1, 0.15) is 59.4 Å². The van der Waals surface area contributed by atoms with Crippen LogP contribution in [0.2, 0.25) is 0 Å². The third-order valence-corrected chi connectivity index (χ3v) is 3.50. The van der Waals surface area contributed by atoms with Crippen molar-refractivity contribution in [1.29, 1.82) is 0 Å². The van der Waals surface area contributed by atoms with E-state index in [0.29, 0.717) is 17.3 Å². The van der Waals surface area contributed by atoms with Crippen LogP contribution in [0.4, 0.5) is 0 Å². The average molecular weight is 248 g/mol. The topological polar surface area (TPSA) is 9.23 Å². The highest BCUT2D eigenvalue weighted by molar-refractivity contribution is 5.29. The maximum absolute atomic E-state index is 5.48. The summed E-state index contributed by atoms with van der Waals surface area (Å²) in [5.74, 6) is 2.26. The van der Waals surface area contributed by atoms with Crippen LogP contribution >= 0.6 is 0 Å². The highest BCUT2D eigenvalue weighted by atomic mass is 16.5. The van der Waals surface area contributed by atoms with Crippen molar-refractivity contribution in [2.24, 2.45) is 11.3 Å². The van der Waals surface area contributed by atoms with Crippen LogP contribution in [0.3, 0.4) is 0 Å². The van der Waals surface area contributed by atoms with Crippen LogP contribution in [-0.2, 0) is 0 Å². The van der Waals surface area contributed by atoms with Gasteiger partial charge in [-0.1, -0.05) is 46.8 Å². The lowest BCUT2D eigenvalue weighted by Gasteiger charge is -2.28. The number of benzene rings is 1. The van der Waals surface area contributed by atoms with Gasteiger partial charge in [-0.2, -0.15) is 0 Å². The summed E-state index contributed by atoms with van der Waals surface area (Å²) in [4.78, 5) is 0. The van der Waals surface area contributed by atoms with Crippen LogP contribution in [0.5, 0.6) is 5.75 Å². The molecule has 0 aliphatic heterocycles. The van der Waals surface area contributed by atoms with E-state index in [0.717, 1.165) is 12.4 Å². The molecule has 0 N–H and O–H groups in total. The summed E-state index contributed by atoms with van der Waals surface area (Å²) in [6.07, 6.45) is 1.25. The van der Waals surface area contributed by atoms with E-state index in [2.05, 4.69) is 58.9 Å². The van der Waals surface area contributed by atoms with Gasteiger partial charge >= 0.3 is 0 Å². The van der Waals surface area contributed by atoms with Gasteiger partial charge in [0.25, 0.3) is 0 Å². The molecule has 0 radical (unpaired) electrons. The SMILES string of the molecule is CCOc1ccc(C(C)[C@@H](C)CC(C)(C)C)cc1. The third-order valence-electron chi connectivity index (χ3n) is 3.50. The van der Waals surface area contributed by atoms with E-state index in [1.165, 1.54) is 12.0 Å². The van der Waals surface area contributed by atoms with E-state index < -0.39 is 0 Å². The number of rotatable bonds is 5. The minimum absolute atomic E-state index is 0.402. The van der Waals surface area contributed by atoms with Crippen LogP contribution < -0.4 is 4.74 Å². The van der Waals surface area contributed by atoms with E-state index in [4.69, 9.17) is 4.74 Å². The first kappa shape index (κ1) is 15.1. The minimum Gasteiger partial charge on any atom is -0.494 e. The fraction of sp³-hybridized carbons (Fsp3) is 0.647. The highest BCUT2D eigenvalue weighted by Crippen LogP contribution is 2.34. The van der Waals surface area contributed by atoms with E-state index in [-0.39, 0.29) is 0 Å². The molecular weight excluding hydrogens is 220 g/mol. The molecule has 2 atom stereocenters. The molecular formula is C17H28O. The molecule has 1 unspecified atom stereocenters. The second-order valence-corrected chi connectivity index (χ2v) is 6.53. The Kier molecular flexibility index (Phi) is 5.25. The van der Waals surface area contributed by atoms with Crippen molar-refractivity contribution in [3.8, 4) is 5.75 Å². The Morgan fingerprint density at radius 2 is 1.61 bits per heavy atom. The molecule has 0 saturated carbocycles. The molecule has 1 heteroatoms. The zero-order valence-electron chi connectivity index (χ0n) is 12.8. The molecule has 1 aromatic rings. The van der Waals surface area contributed by atoms with Gasteiger partial charge in [0, 0.05) is 0 Å². The molecule has 0 heterocycles. The predicted octanol–water partition coefficient (Wildman–Crippen LogP) is 5.26. The predicted molar refractivity (Wildman–Crippen MR) is 79.3 cm³/mol. The monoisotopic (exact) mass is 248 g/mol. The smallest absolute Gasteiger partial charge is 0.119 e. The van der Waals surface area contributed by atoms with Gasteiger partial charge in [0.05, 0.1) is 6.61 Å². The van der Waals surface area contributed by atoms with Gasteiger partial charge < -0.3 is 4.74 Å². The average Bonchev–Trinajstić information content (AvgIpc) is 2.27. The lowest BCUT2D eigenvalue weighted by molar-refractivity contribution is 0.283. The molecule has 0 aromatic heterocycles. The first-order chi connectivity index (χ1) is 8.33. The van der Waals surface area contributed by atoms with Gasteiger partial charge in [-0.15, -0.1) is 0 Å². The normalized spacial score (nSPS) is 15.2. The summed E-state index contributed by atoms with van der Waals surface area (Å²) in [5.41, 5.74) is 1.81. The molecule has 1 aromatic carbocycles. The summed E-state index contributed by atoms with van der Waals surface area (Å²) >= 11 is 0. The zero-order chi connectivity index (χ0) is 13.8. The Bertz CT molecular complexity index is 345. The first-order valence-electron chi connectivity index (χ1n) is 7.06. The fourth-order valence-electron chi connectivity index (χ4n) is 2.51. The molecule has 0 fully saturated rings. The Hall–Kier alpha value is -0.980. The van der Waals surface area contributed by atoms with Crippen molar-refractivity contribution in [1.82, 2.24) is 0 Å². The molecule has 1 rings (SSSR count). The van der Waals surface area contributed by atoms with Gasteiger partial charge in [0.15, 0.2) is 0 Å². The largest absolute Gasteiger partial charge is 0.494 e. The van der Waals surface area contributed by atoms with Crippen molar-refractivity contribution in [2.75, 3.05) is 6.61 Å². The highest BCUT2D eigenvalue weighted by Gasteiger charge is 2.21. The lowest BCUT2D eigenvalue weighted by atomic mass is 9.78. The van der Waals surface area contributed by atoms with Crippen LogP contribution in [-0.4, -0.2) is 6.61 Å². The first-order valence-corrected chi connectivity index (χ1v) is 7.06. The van der Waals surface area contributed by atoms with Crippen LogP contribution in [0.25, 0.3) is 0 Å². The second kappa shape index (κ2) is 6.26.